The van der Waals surface area contributed by atoms with Gasteiger partial charge in [0, 0.05) is 18.2 Å². The van der Waals surface area contributed by atoms with Gasteiger partial charge >= 0.3 is 0 Å². The van der Waals surface area contributed by atoms with Gasteiger partial charge in [-0.15, -0.1) is 0 Å². The Morgan fingerprint density at radius 2 is 2.62 bits per heavy atom. The van der Waals surface area contributed by atoms with E-state index in [1.54, 1.807) is 13.3 Å². The highest BCUT2D eigenvalue weighted by atomic mass is 16.6. The Hall–Kier alpha value is -1.13. The first-order chi connectivity index (χ1) is 6.42. The van der Waals surface area contributed by atoms with Crippen molar-refractivity contribution in [3.05, 3.63) is 23.5 Å². The Bertz CT molecular complexity index is 302. The van der Waals surface area contributed by atoms with Crippen molar-refractivity contribution in [1.29, 1.82) is 0 Å². The van der Waals surface area contributed by atoms with Crippen LogP contribution in [-0.4, -0.2) is 18.7 Å². The number of pyridine rings is 1. The zero-order valence-electron chi connectivity index (χ0n) is 7.54. The number of nitrogens with one attached hydrogen (secondary N) is 1. The molecule has 0 unspecified atom stereocenters. The monoisotopic (exact) mass is 180 g/mol. The van der Waals surface area contributed by atoms with E-state index < -0.39 is 0 Å². The third kappa shape index (κ3) is 1.64. The van der Waals surface area contributed by atoms with Crippen LogP contribution in [0.5, 0.6) is 5.75 Å². The Morgan fingerprint density at radius 3 is 3.46 bits per heavy atom. The smallest absolute Gasteiger partial charge is 0.126 e. The highest BCUT2D eigenvalue weighted by molar-refractivity contribution is 5.38. The van der Waals surface area contributed by atoms with Gasteiger partial charge in [-0.05, 0) is 6.07 Å². The van der Waals surface area contributed by atoms with Crippen LogP contribution in [0.1, 0.15) is 11.3 Å². The Labute approximate surface area is 76.8 Å². The predicted molar refractivity (Wildman–Crippen MR) is 47.3 cm³/mol. The molecule has 2 rings (SSSR count). The minimum Gasteiger partial charge on any atom is -0.493 e. The Morgan fingerprint density at radius 1 is 1.69 bits per heavy atom. The predicted octanol–water partition coefficient (Wildman–Crippen LogP) is 0.667. The highest BCUT2D eigenvalue weighted by Crippen LogP contribution is 2.26. The summed E-state index contributed by atoms with van der Waals surface area (Å²) >= 11 is 0. The van der Waals surface area contributed by atoms with E-state index in [1.165, 1.54) is 5.56 Å². The van der Waals surface area contributed by atoms with Gasteiger partial charge < -0.3 is 9.57 Å². The molecule has 4 nitrogen and oxygen atoms in total. The summed E-state index contributed by atoms with van der Waals surface area (Å²) in [4.78, 5) is 9.04. The number of hydroxylamine groups is 1. The molecule has 0 fully saturated rings. The first kappa shape index (κ1) is 8.47. The number of fused-ring (bicyclic) bond motifs is 1. The summed E-state index contributed by atoms with van der Waals surface area (Å²) in [5.74, 6) is 0.961. The molecule has 1 N–H and O–H groups in total. The van der Waals surface area contributed by atoms with E-state index in [9.17, 15) is 0 Å². The van der Waals surface area contributed by atoms with Crippen LogP contribution in [-0.2, 0) is 17.8 Å². The van der Waals surface area contributed by atoms with Crippen molar-refractivity contribution in [2.75, 3.05) is 13.7 Å². The standard InChI is InChI=1S/C9H12N2O2/c1-12-11-6-8-7-3-5-13-9(7)2-4-10-8/h2,4,11H,3,5-6H2,1H3. The minimum atomic E-state index is 0.628. The SMILES string of the molecule is CONCc1nccc2c1CCO2. The lowest BCUT2D eigenvalue weighted by atomic mass is 10.1. The fourth-order valence-electron chi connectivity index (χ4n) is 1.47. The fourth-order valence-corrected chi connectivity index (χ4v) is 1.47. The number of ether oxygens (including phenoxy) is 1. The number of hydrogen-bond donors (Lipinski definition) is 1. The van der Waals surface area contributed by atoms with E-state index in [2.05, 4.69) is 10.5 Å². The molecule has 0 aromatic carbocycles. The van der Waals surface area contributed by atoms with Crippen LogP contribution < -0.4 is 10.2 Å². The maximum atomic E-state index is 5.41. The van der Waals surface area contributed by atoms with Crippen LogP contribution in [0, 0.1) is 0 Å². The normalized spacial score (nSPS) is 13.9. The van der Waals surface area contributed by atoms with Crippen LogP contribution in [0.25, 0.3) is 0 Å². The summed E-state index contributed by atoms with van der Waals surface area (Å²) < 4.78 is 5.41. The van der Waals surface area contributed by atoms with Crippen LogP contribution in [0.4, 0.5) is 0 Å². The van der Waals surface area contributed by atoms with Crippen molar-refractivity contribution in [3.63, 3.8) is 0 Å². The van der Waals surface area contributed by atoms with Crippen LogP contribution in [0.3, 0.4) is 0 Å². The van der Waals surface area contributed by atoms with Gasteiger partial charge in [-0.3, -0.25) is 4.98 Å². The number of nitrogens with zero attached hydrogens (tertiary/aromatic N) is 1. The number of aromatic nitrogens is 1. The van der Waals surface area contributed by atoms with Crippen molar-refractivity contribution in [2.24, 2.45) is 0 Å². The third-order valence-electron chi connectivity index (χ3n) is 2.10. The first-order valence-corrected chi connectivity index (χ1v) is 4.27. The molecule has 0 spiro atoms. The Kier molecular flexibility index (Phi) is 2.42. The lowest BCUT2D eigenvalue weighted by molar-refractivity contribution is 0.0857. The summed E-state index contributed by atoms with van der Waals surface area (Å²) in [7, 11) is 1.60. The van der Waals surface area contributed by atoms with E-state index in [4.69, 9.17) is 9.57 Å². The second-order valence-corrected chi connectivity index (χ2v) is 2.86. The Balaban J connectivity index is 2.20. The van der Waals surface area contributed by atoms with E-state index in [0.29, 0.717) is 6.54 Å². The van der Waals surface area contributed by atoms with E-state index in [0.717, 1.165) is 24.5 Å². The second kappa shape index (κ2) is 3.72. The summed E-state index contributed by atoms with van der Waals surface area (Å²) in [6.45, 7) is 1.39. The van der Waals surface area contributed by atoms with Gasteiger partial charge in [0.1, 0.15) is 5.75 Å². The number of rotatable bonds is 3. The first-order valence-electron chi connectivity index (χ1n) is 4.27. The molecule has 1 aromatic rings. The maximum Gasteiger partial charge on any atom is 0.126 e. The zero-order chi connectivity index (χ0) is 9.10. The van der Waals surface area contributed by atoms with Crippen molar-refractivity contribution < 1.29 is 9.57 Å². The molecule has 0 bridgehead atoms. The molecule has 1 aliphatic rings. The average Bonchev–Trinajstić information content (AvgIpc) is 2.62. The van der Waals surface area contributed by atoms with Gasteiger partial charge in [-0.25, -0.2) is 0 Å². The van der Waals surface area contributed by atoms with Gasteiger partial charge in [0.2, 0.25) is 0 Å². The highest BCUT2D eigenvalue weighted by Gasteiger charge is 2.16. The van der Waals surface area contributed by atoms with Crippen molar-refractivity contribution in [3.8, 4) is 5.75 Å². The van der Waals surface area contributed by atoms with Gasteiger partial charge in [0.05, 0.1) is 26.0 Å². The fraction of sp³-hybridized carbons (Fsp3) is 0.444. The van der Waals surface area contributed by atoms with E-state index in [1.807, 2.05) is 6.07 Å². The van der Waals surface area contributed by atoms with Crippen molar-refractivity contribution >= 4 is 0 Å². The van der Waals surface area contributed by atoms with Gasteiger partial charge in [-0.1, -0.05) is 0 Å². The van der Waals surface area contributed by atoms with E-state index >= 15 is 0 Å². The molecule has 0 saturated carbocycles. The zero-order valence-corrected chi connectivity index (χ0v) is 7.54. The molecule has 0 atom stereocenters. The largest absolute Gasteiger partial charge is 0.493 e. The van der Waals surface area contributed by atoms with Crippen molar-refractivity contribution in [1.82, 2.24) is 10.5 Å². The number of hydrogen-bond acceptors (Lipinski definition) is 4. The molecule has 0 aliphatic carbocycles. The second-order valence-electron chi connectivity index (χ2n) is 2.86. The van der Waals surface area contributed by atoms with Crippen LogP contribution >= 0.6 is 0 Å². The van der Waals surface area contributed by atoms with E-state index in [-0.39, 0.29) is 0 Å². The molecular weight excluding hydrogens is 168 g/mol. The quantitative estimate of drug-likeness (QED) is 0.694. The summed E-state index contributed by atoms with van der Waals surface area (Å²) in [5, 5.41) is 0. The average molecular weight is 180 g/mol. The molecular formula is C9H12N2O2. The minimum absolute atomic E-state index is 0.628. The molecule has 2 heterocycles. The molecule has 13 heavy (non-hydrogen) atoms. The van der Waals surface area contributed by atoms with Gasteiger partial charge in [0.25, 0.3) is 0 Å². The summed E-state index contributed by atoms with van der Waals surface area (Å²) in [5.41, 5.74) is 4.99. The molecule has 1 aliphatic heterocycles. The maximum absolute atomic E-state index is 5.41. The molecule has 1 aromatic heterocycles. The van der Waals surface area contributed by atoms with Crippen LogP contribution in [0.15, 0.2) is 12.3 Å². The third-order valence-corrected chi connectivity index (χ3v) is 2.10. The topological polar surface area (TPSA) is 43.4 Å². The molecule has 70 valence electrons. The van der Waals surface area contributed by atoms with Crippen molar-refractivity contribution in [2.45, 2.75) is 13.0 Å². The molecule has 0 radical (unpaired) electrons. The van der Waals surface area contributed by atoms with Crippen LogP contribution in [0.2, 0.25) is 0 Å². The molecule has 0 amide bonds. The summed E-state index contributed by atoms with van der Waals surface area (Å²) in [6.07, 6.45) is 2.71. The molecule has 4 heteroatoms. The lowest BCUT2D eigenvalue weighted by Gasteiger charge is -2.05. The summed E-state index contributed by atoms with van der Waals surface area (Å²) in [6, 6.07) is 1.90. The van der Waals surface area contributed by atoms with Gasteiger partial charge in [-0.2, -0.15) is 5.48 Å². The lowest BCUT2D eigenvalue weighted by Crippen LogP contribution is -2.13. The molecule has 0 saturated heterocycles. The van der Waals surface area contributed by atoms with Gasteiger partial charge in [0.15, 0.2) is 0 Å².